The third kappa shape index (κ3) is 1.82. The van der Waals surface area contributed by atoms with Crippen molar-refractivity contribution >= 4 is 34.5 Å². The Morgan fingerprint density at radius 2 is 2.14 bits per heavy atom. The van der Waals surface area contributed by atoms with E-state index in [4.69, 9.17) is 23.2 Å². The Balaban J connectivity index is 2.57. The molecule has 0 saturated carbocycles. The number of aromatic amines is 1. The highest BCUT2D eigenvalue weighted by Crippen LogP contribution is 2.28. The third-order valence-electron chi connectivity index (χ3n) is 1.61. The molecular weight excluding hydrogens is 243 g/mol. The third-order valence-corrected chi connectivity index (χ3v) is 3.06. The molecule has 2 heterocycles. The van der Waals surface area contributed by atoms with Crippen LogP contribution in [0.5, 0.6) is 0 Å². The largest absolute Gasteiger partial charge is 0.297 e. The summed E-state index contributed by atoms with van der Waals surface area (Å²) in [6.45, 7) is 0. The van der Waals surface area contributed by atoms with Gasteiger partial charge < -0.3 is 0 Å². The maximum atomic E-state index is 11.4. The van der Waals surface area contributed by atoms with E-state index in [-0.39, 0.29) is 10.8 Å². The maximum Gasteiger partial charge on any atom is 0.260 e. The van der Waals surface area contributed by atoms with Gasteiger partial charge in [0, 0.05) is 11.1 Å². The molecular formula is C8H4Cl2N2OS. The molecule has 0 amide bonds. The van der Waals surface area contributed by atoms with Crippen LogP contribution in [0.1, 0.15) is 0 Å². The molecule has 0 atom stereocenters. The molecule has 2 rings (SSSR count). The summed E-state index contributed by atoms with van der Waals surface area (Å²) in [4.78, 5) is 18.4. The molecule has 0 aliphatic carbocycles. The lowest BCUT2D eigenvalue weighted by Crippen LogP contribution is -2.08. The first-order valence-electron chi connectivity index (χ1n) is 3.67. The van der Waals surface area contributed by atoms with Gasteiger partial charge in [0.2, 0.25) is 5.28 Å². The molecule has 0 saturated heterocycles. The predicted octanol–water partition coefficient (Wildman–Crippen LogP) is 2.81. The smallest absolute Gasteiger partial charge is 0.260 e. The fraction of sp³-hybridized carbons (Fsp3) is 0. The molecule has 0 bridgehead atoms. The van der Waals surface area contributed by atoms with Crippen LogP contribution in [0.2, 0.25) is 9.62 Å². The molecule has 1 N–H and O–H groups in total. The van der Waals surface area contributed by atoms with Crippen LogP contribution in [0, 0.1) is 0 Å². The summed E-state index contributed by atoms with van der Waals surface area (Å²) in [6.07, 6.45) is 1.43. The highest BCUT2D eigenvalue weighted by Gasteiger charge is 2.06. The van der Waals surface area contributed by atoms with Gasteiger partial charge in [-0.3, -0.25) is 9.78 Å². The van der Waals surface area contributed by atoms with E-state index < -0.39 is 0 Å². The second-order valence-electron chi connectivity index (χ2n) is 2.52. The lowest BCUT2D eigenvalue weighted by molar-refractivity contribution is 1.12. The van der Waals surface area contributed by atoms with Gasteiger partial charge in [-0.1, -0.05) is 11.6 Å². The minimum absolute atomic E-state index is 0.0846. The van der Waals surface area contributed by atoms with Crippen LogP contribution >= 0.6 is 34.5 Å². The standard InChI is InChI=1S/C8H4Cl2N2OS/c9-6-2-1-5(14-6)4-3-11-8(10)12-7(4)13/h1-3H,(H,11,12,13). The lowest BCUT2D eigenvalue weighted by Gasteiger charge is -1.94. The topological polar surface area (TPSA) is 45.8 Å². The molecule has 0 aliphatic rings. The van der Waals surface area contributed by atoms with Crippen LogP contribution in [0.15, 0.2) is 23.1 Å². The zero-order valence-electron chi connectivity index (χ0n) is 6.75. The molecule has 6 heteroatoms. The fourth-order valence-corrected chi connectivity index (χ4v) is 2.19. The first-order valence-corrected chi connectivity index (χ1v) is 5.24. The molecule has 0 radical (unpaired) electrons. The van der Waals surface area contributed by atoms with E-state index >= 15 is 0 Å². The van der Waals surface area contributed by atoms with Crippen LogP contribution < -0.4 is 5.56 Å². The van der Waals surface area contributed by atoms with Crippen molar-refractivity contribution in [3.63, 3.8) is 0 Å². The highest BCUT2D eigenvalue weighted by atomic mass is 35.5. The molecule has 14 heavy (non-hydrogen) atoms. The number of hydrogen-bond donors (Lipinski definition) is 1. The van der Waals surface area contributed by atoms with Crippen molar-refractivity contribution in [2.24, 2.45) is 0 Å². The van der Waals surface area contributed by atoms with Crippen LogP contribution in [-0.2, 0) is 0 Å². The maximum absolute atomic E-state index is 11.4. The average Bonchev–Trinajstić information content (AvgIpc) is 2.51. The molecule has 0 spiro atoms. The molecule has 2 aromatic rings. The Labute approximate surface area is 93.3 Å². The normalized spacial score (nSPS) is 10.4. The summed E-state index contributed by atoms with van der Waals surface area (Å²) < 4.78 is 0.634. The van der Waals surface area contributed by atoms with Gasteiger partial charge >= 0.3 is 0 Å². The monoisotopic (exact) mass is 246 g/mol. The van der Waals surface area contributed by atoms with Gasteiger partial charge in [-0.05, 0) is 23.7 Å². The fourth-order valence-electron chi connectivity index (χ4n) is 1.01. The van der Waals surface area contributed by atoms with E-state index in [2.05, 4.69) is 9.97 Å². The van der Waals surface area contributed by atoms with Crippen molar-refractivity contribution in [2.45, 2.75) is 0 Å². The van der Waals surface area contributed by atoms with Crippen molar-refractivity contribution < 1.29 is 0 Å². The summed E-state index contributed by atoms with van der Waals surface area (Å²) in [5.74, 6) is 0. The molecule has 3 nitrogen and oxygen atoms in total. The minimum atomic E-state index is -0.261. The van der Waals surface area contributed by atoms with Gasteiger partial charge in [0.05, 0.1) is 9.90 Å². The second-order valence-corrected chi connectivity index (χ2v) is 4.59. The van der Waals surface area contributed by atoms with Gasteiger partial charge in [-0.25, -0.2) is 4.98 Å². The van der Waals surface area contributed by atoms with Crippen molar-refractivity contribution in [1.29, 1.82) is 0 Å². The van der Waals surface area contributed by atoms with Crippen molar-refractivity contribution in [3.8, 4) is 10.4 Å². The van der Waals surface area contributed by atoms with Gasteiger partial charge in [0.15, 0.2) is 0 Å². The summed E-state index contributed by atoms with van der Waals surface area (Å²) in [7, 11) is 0. The zero-order valence-corrected chi connectivity index (χ0v) is 9.08. The number of hydrogen-bond acceptors (Lipinski definition) is 3. The van der Waals surface area contributed by atoms with E-state index in [1.807, 2.05) is 0 Å². The molecule has 0 fully saturated rings. The Kier molecular flexibility index (Phi) is 2.58. The number of halogens is 2. The summed E-state index contributed by atoms with van der Waals surface area (Å²) in [5, 5.41) is 0.0846. The zero-order chi connectivity index (χ0) is 10.1. The van der Waals surface area contributed by atoms with Crippen molar-refractivity contribution in [1.82, 2.24) is 9.97 Å². The number of nitrogens with zero attached hydrogens (tertiary/aromatic N) is 1. The number of thiophene rings is 1. The van der Waals surface area contributed by atoms with Crippen molar-refractivity contribution in [2.75, 3.05) is 0 Å². The Hall–Kier alpha value is -0.840. The van der Waals surface area contributed by atoms with Crippen LogP contribution in [0.4, 0.5) is 0 Å². The van der Waals surface area contributed by atoms with Crippen LogP contribution in [0.3, 0.4) is 0 Å². The van der Waals surface area contributed by atoms with Gasteiger partial charge in [0.1, 0.15) is 0 Å². The molecule has 2 aromatic heterocycles. The second kappa shape index (κ2) is 3.73. The van der Waals surface area contributed by atoms with E-state index in [1.165, 1.54) is 17.5 Å². The van der Waals surface area contributed by atoms with Gasteiger partial charge in [-0.15, -0.1) is 11.3 Å². The number of aromatic nitrogens is 2. The summed E-state index contributed by atoms with van der Waals surface area (Å²) >= 11 is 12.6. The average molecular weight is 247 g/mol. The quantitative estimate of drug-likeness (QED) is 0.787. The van der Waals surface area contributed by atoms with E-state index in [9.17, 15) is 4.79 Å². The minimum Gasteiger partial charge on any atom is -0.297 e. The van der Waals surface area contributed by atoms with Crippen LogP contribution in [-0.4, -0.2) is 9.97 Å². The first-order chi connectivity index (χ1) is 6.66. The number of H-pyrrole nitrogens is 1. The van der Waals surface area contributed by atoms with Crippen molar-refractivity contribution in [3.05, 3.63) is 38.3 Å². The molecule has 0 aliphatic heterocycles. The van der Waals surface area contributed by atoms with Crippen LogP contribution in [0.25, 0.3) is 10.4 Å². The number of nitrogens with one attached hydrogen (secondary N) is 1. The Bertz CT molecular complexity index is 520. The lowest BCUT2D eigenvalue weighted by atomic mass is 10.3. The molecule has 0 aromatic carbocycles. The summed E-state index contributed by atoms with van der Waals surface area (Å²) in [6, 6.07) is 3.50. The first kappa shape index (κ1) is 9.71. The number of rotatable bonds is 1. The van der Waals surface area contributed by atoms with E-state index in [1.54, 1.807) is 12.1 Å². The Morgan fingerprint density at radius 3 is 2.71 bits per heavy atom. The van der Waals surface area contributed by atoms with Gasteiger partial charge in [-0.2, -0.15) is 0 Å². The summed E-state index contributed by atoms with van der Waals surface area (Å²) in [5.41, 5.74) is 0.217. The van der Waals surface area contributed by atoms with Gasteiger partial charge in [0.25, 0.3) is 5.56 Å². The molecule has 0 unspecified atom stereocenters. The SMILES string of the molecule is O=c1[nH]c(Cl)ncc1-c1ccc(Cl)s1. The van der Waals surface area contributed by atoms with E-state index in [0.29, 0.717) is 9.90 Å². The highest BCUT2D eigenvalue weighted by molar-refractivity contribution is 7.19. The predicted molar refractivity (Wildman–Crippen MR) is 58.2 cm³/mol. The Morgan fingerprint density at radius 1 is 1.36 bits per heavy atom. The molecule has 72 valence electrons. The van der Waals surface area contributed by atoms with E-state index in [0.717, 1.165) is 4.88 Å².